The molecular weight excluding hydrogens is 318 g/mol. The zero-order valence-corrected chi connectivity index (χ0v) is 13.6. The molecule has 2 N–H and O–H groups in total. The maximum atomic E-state index is 12.5. The van der Waals surface area contributed by atoms with E-state index in [1.54, 1.807) is 36.0 Å². The van der Waals surface area contributed by atoms with E-state index < -0.39 is 10.0 Å². The fraction of sp³-hybridized carbons (Fsp3) is 0.429. The normalized spacial score (nSPS) is 19.1. The van der Waals surface area contributed by atoms with Crippen LogP contribution in [0.2, 0.25) is 0 Å². The minimum Gasteiger partial charge on any atom is -0.486 e. The van der Waals surface area contributed by atoms with E-state index in [0.29, 0.717) is 31.1 Å². The lowest BCUT2D eigenvalue weighted by molar-refractivity contribution is 0.289. The summed E-state index contributed by atoms with van der Waals surface area (Å²) in [6, 6.07) is 6.29. The largest absolute Gasteiger partial charge is 0.486 e. The predicted octanol–water partition coefficient (Wildman–Crippen LogP) is 0.116. The van der Waals surface area contributed by atoms with Crippen molar-refractivity contribution in [2.24, 2.45) is 12.8 Å². The Morgan fingerprint density at radius 1 is 1.35 bits per heavy atom. The Hall–Kier alpha value is -1.97. The number of hydrogen-bond donors (Lipinski definition) is 1. The first kappa shape index (κ1) is 15.9. The molecule has 0 amide bonds. The third kappa shape index (κ3) is 3.36. The van der Waals surface area contributed by atoms with Gasteiger partial charge in [-0.1, -0.05) is 0 Å². The molecular formula is C14H19N5O3S. The van der Waals surface area contributed by atoms with Crippen LogP contribution in [-0.2, 0) is 23.7 Å². The van der Waals surface area contributed by atoms with Gasteiger partial charge in [0.25, 0.3) is 0 Å². The lowest BCUT2D eigenvalue weighted by atomic mass is 10.3. The molecule has 0 spiro atoms. The Labute approximate surface area is 134 Å². The third-order valence-corrected chi connectivity index (χ3v) is 5.70. The SMILES string of the molecule is Cn1ncnc1COc1ccc(S(=O)(=O)N2CC[C@@H](N)C2)cc1. The zero-order chi connectivity index (χ0) is 16.4. The summed E-state index contributed by atoms with van der Waals surface area (Å²) in [4.78, 5) is 4.31. The first-order chi connectivity index (χ1) is 11.0. The molecule has 9 heteroatoms. The van der Waals surface area contributed by atoms with Crippen molar-refractivity contribution >= 4 is 10.0 Å². The highest BCUT2D eigenvalue weighted by atomic mass is 32.2. The molecule has 124 valence electrons. The monoisotopic (exact) mass is 337 g/mol. The van der Waals surface area contributed by atoms with E-state index in [4.69, 9.17) is 10.5 Å². The maximum absolute atomic E-state index is 12.5. The minimum atomic E-state index is -3.48. The maximum Gasteiger partial charge on any atom is 0.243 e. The number of aromatic nitrogens is 3. The van der Waals surface area contributed by atoms with Crippen LogP contribution < -0.4 is 10.5 Å². The molecule has 0 unspecified atom stereocenters. The summed E-state index contributed by atoms with van der Waals surface area (Å²) in [5.74, 6) is 1.26. The molecule has 1 aliphatic heterocycles. The highest BCUT2D eigenvalue weighted by molar-refractivity contribution is 7.89. The highest BCUT2D eigenvalue weighted by Crippen LogP contribution is 2.23. The standard InChI is InChI=1S/C14H19N5O3S/c1-18-14(16-10-17-18)9-22-12-2-4-13(5-3-12)23(20,21)19-7-6-11(15)8-19/h2-5,10-11H,6-9,15H2,1H3/t11-/m1/s1. The van der Waals surface area contributed by atoms with E-state index >= 15 is 0 Å². The predicted molar refractivity (Wildman–Crippen MR) is 83.1 cm³/mol. The summed E-state index contributed by atoms with van der Waals surface area (Å²) < 4.78 is 33.6. The van der Waals surface area contributed by atoms with Crippen molar-refractivity contribution in [2.45, 2.75) is 24.0 Å². The Morgan fingerprint density at radius 3 is 2.65 bits per heavy atom. The van der Waals surface area contributed by atoms with Crippen molar-refractivity contribution in [1.29, 1.82) is 0 Å². The summed E-state index contributed by atoms with van der Waals surface area (Å²) in [6.45, 7) is 1.10. The average Bonchev–Trinajstić information content (AvgIpc) is 3.14. The molecule has 23 heavy (non-hydrogen) atoms. The molecule has 3 rings (SSSR count). The summed E-state index contributed by atoms with van der Waals surface area (Å²) in [7, 11) is -1.70. The van der Waals surface area contributed by atoms with E-state index in [2.05, 4.69) is 10.1 Å². The second kappa shape index (κ2) is 6.26. The van der Waals surface area contributed by atoms with Gasteiger partial charge < -0.3 is 10.5 Å². The highest BCUT2D eigenvalue weighted by Gasteiger charge is 2.30. The summed E-state index contributed by atoms with van der Waals surface area (Å²) in [5, 5.41) is 3.96. The molecule has 0 saturated carbocycles. The number of ether oxygens (including phenoxy) is 1. The van der Waals surface area contributed by atoms with Gasteiger partial charge in [0.1, 0.15) is 18.7 Å². The van der Waals surface area contributed by atoms with Crippen molar-refractivity contribution in [3.8, 4) is 5.75 Å². The topological polar surface area (TPSA) is 103 Å². The molecule has 2 aromatic rings. The molecule has 1 atom stereocenters. The fourth-order valence-corrected chi connectivity index (χ4v) is 3.94. The van der Waals surface area contributed by atoms with Gasteiger partial charge in [0, 0.05) is 26.2 Å². The Bertz CT molecular complexity index is 772. The molecule has 0 aliphatic carbocycles. The van der Waals surface area contributed by atoms with Gasteiger partial charge >= 0.3 is 0 Å². The van der Waals surface area contributed by atoms with E-state index in [0.717, 1.165) is 0 Å². The molecule has 8 nitrogen and oxygen atoms in total. The van der Waals surface area contributed by atoms with Crippen molar-refractivity contribution in [1.82, 2.24) is 19.1 Å². The van der Waals surface area contributed by atoms with Gasteiger partial charge in [-0.25, -0.2) is 13.4 Å². The summed E-state index contributed by atoms with van der Waals surface area (Å²) in [6.07, 6.45) is 2.15. The second-order valence-corrected chi connectivity index (χ2v) is 7.41. The molecule has 1 fully saturated rings. The third-order valence-electron chi connectivity index (χ3n) is 3.82. The van der Waals surface area contributed by atoms with Crippen molar-refractivity contribution in [3.63, 3.8) is 0 Å². The molecule has 0 bridgehead atoms. The number of sulfonamides is 1. The van der Waals surface area contributed by atoms with Crippen LogP contribution in [0.5, 0.6) is 5.75 Å². The number of rotatable bonds is 5. The van der Waals surface area contributed by atoms with Crippen molar-refractivity contribution in [3.05, 3.63) is 36.4 Å². The lowest BCUT2D eigenvalue weighted by Crippen LogP contribution is -2.31. The molecule has 1 aliphatic rings. The van der Waals surface area contributed by atoms with Crippen molar-refractivity contribution in [2.75, 3.05) is 13.1 Å². The van der Waals surface area contributed by atoms with Gasteiger partial charge in [-0.3, -0.25) is 4.68 Å². The lowest BCUT2D eigenvalue weighted by Gasteiger charge is -2.16. The van der Waals surface area contributed by atoms with Crippen LogP contribution in [0.1, 0.15) is 12.2 Å². The smallest absolute Gasteiger partial charge is 0.243 e. The Morgan fingerprint density at radius 2 is 2.09 bits per heavy atom. The Kier molecular flexibility index (Phi) is 4.33. The number of hydrogen-bond acceptors (Lipinski definition) is 6. The molecule has 2 heterocycles. The summed E-state index contributed by atoms with van der Waals surface area (Å²) >= 11 is 0. The van der Waals surface area contributed by atoms with Crippen LogP contribution >= 0.6 is 0 Å². The molecule has 1 saturated heterocycles. The summed E-state index contributed by atoms with van der Waals surface area (Å²) in [5.41, 5.74) is 5.78. The van der Waals surface area contributed by atoms with Crippen LogP contribution in [0, 0.1) is 0 Å². The molecule has 0 radical (unpaired) electrons. The Balaban J connectivity index is 1.68. The van der Waals surface area contributed by atoms with Gasteiger partial charge in [-0.15, -0.1) is 0 Å². The first-order valence-electron chi connectivity index (χ1n) is 7.28. The fourth-order valence-electron chi connectivity index (χ4n) is 2.43. The molecule has 1 aromatic heterocycles. The van der Waals surface area contributed by atoms with Gasteiger partial charge in [0.05, 0.1) is 4.90 Å². The molecule has 1 aromatic carbocycles. The van der Waals surface area contributed by atoms with Gasteiger partial charge in [-0.05, 0) is 30.7 Å². The second-order valence-electron chi connectivity index (χ2n) is 5.47. The van der Waals surface area contributed by atoms with E-state index in [-0.39, 0.29) is 17.5 Å². The van der Waals surface area contributed by atoms with Gasteiger partial charge in [0.2, 0.25) is 10.0 Å². The quantitative estimate of drug-likeness (QED) is 0.831. The number of aryl methyl sites for hydroxylation is 1. The average molecular weight is 337 g/mol. The van der Waals surface area contributed by atoms with Crippen molar-refractivity contribution < 1.29 is 13.2 Å². The van der Waals surface area contributed by atoms with E-state index in [1.165, 1.54) is 10.6 Å². The number of nitrogens with two attached hydrogens (primary N) is 1. The van der Waals surface area contributed by atoms with Crippen LogP contribution in [-0.4, -0.2) is 46.6 Å². The minimum absolute atomic E-state index is 0.0845. The van der Waals surface area contributed by atoms with E-state index in [9.17, 15) is 8.42 Å². The first-order valence-corrected chi connectivity index (χ1v) is 8.72. The zero-order valence-electron chi connectivity index (χ0n) is 12.8. The number of nitrogens with zero attached hydrogens (tertiary/aromatic N) is 4. The van der Waals surface area contributed by atoms with Crippen LogP contribution in [0.4, 0.5) is 0 Å². The van der Waals surface area contributed by atoms with Gasteiger partial charge in [-0.2, -0.15) is 9.40 Å². The van der Waals surface area contributed by atoms with E-state index in [1.807, 2.05) is 0 Å². The van der Waals surface area contributed by atoms with Gasteiger partial charge in [0.15, 0.2) is 5.82 Å². The van der Waals surface area contributed by atoms with Crippen LogP contribution in [0.25, 0.3) is 0 Å². The van der Waals surface area contributed by atoms with Crippen LogP contribution in [0.15, 0.2) is 35.5 Å². The number of benzene rings is 1. The van der Waals surface area contributed by atoms with Crippen LogP contribution in [0.3, 0.4) is 0 Å².